The highest BCUT2D eigenvalue weighted by Gasteiger charge is 2.11. The summed E-state index contributed by atoms with van der Waals surface area (Å²) in [6, 6.07) is 0. The van der Waals surface area contributed by atoms with Crippen molar-refractivity contribution in [2.24, 2.45) is 5.73 Å². The van der Waals surface area contributed by atoms with Crippen LogP contribution in [0.5, 0.6) is 0 Å². The molecule has 0 radical (unpaired) electrons. The molecule has 1 heterocycles. The second-order valence-corrected chi connectivity index (χ2v) is 4.78. The topological polar surface area (TPSA) is 48.1 Å². The highest BCUT2D eigenvalue weighted by molar-refractivity contribution is 7.09. The summed E-state index contributed by atoms with van der Waals surface area (Å²) in [4.78, 5) is 4.30. The maximum Gasteiger partial charge on any atom is 0.107 e. The standard InChI is InChI=1S/C9H16N2OS/c1-9(2,3)12-5-7-6-13-8(4-10)11-7/h6H,4-5,10H2,1-3H3. The van der Waals surface area contributed by atoms with Crippen LogP contribution in [0.4, 0.5) is 0 Å². The van der Waals surface area contributed by atoms with Crippen molar-refractivity contribution in [1.82, 2.24) is 4.98 Å². The van der Waals surface area contributed by atoms with Gasteiger partial charge >= 0.3 is 0 Å². The molecule has 1 aromatic heterocycles. The number of nitrogens with zero attached hydrogens (tertiary/aromatic N) is 1. The van der Waals surface area contributed by atoms with Crippen molar-refractivity contribution in [2.75, 3.05) is 0 Å². The van der Waals surface area contributed by atoms with E-state index in [9.17, 15) is 0 Å². The first kappa shape index (κ1) is 10.6. The molecule has 1 rings (SSSR count). The van der Waals surface area contributed by atoms with Gasteiger partial charge in [-0.1, -0.05) is 0 Å². The minimum atomic E-state index is -0.105. The van der Waals surface area contributed by atoms with Crippen molar-refractivity contribution in [1.29, 1.82) is 0 Å². The lowest BCUT2D eigenvalue weighted by atomic mass is 10.2. The molecule has 0 saturated heterocycles. The number of aromatic nitrogens is 1. The van der Waals surface area contributed by atoms with E-state index in [4.69, 9.17) is 10.5 Å². The smallest absolute Gasteiger partial charge is 0.107 e. The molecule has 0 atom stereocenters. The molecule has 0 aliphatic rings. The number of ether oxygens (including phenoxy) is 1. The lowest BCUT2D eigenvalue weighted by Crippen LogP contribution is -2.18. The van der Waals surface area contributed by atoms with Gasteiger partial charge < -0.3 is 10.5 Å². The molecule has 1 aromatic rings. The van der Waals surface area contributed by atoms with Gasteiger partial charge in [0.25, 0.3) is 0 Å². The molecule has 74 valence electrons. The Morgan fingerprint density at radius 2 is 2.23 bits per heavy atom. The molecule has 3 nitrogen and oxygen atoms in total. The average molecular weight is 200 g/mol. The normalized spacial score (nSPS) is 12.0. The summed E-state index contributed by atoms with van der Waals surface area (Å²) < 4.78 is 5.58. The minimum absolute atomic E-state index is 0.105. The summed E-state index contributed by atoms with van der Waals surface area (Å²) in [7, 11) is 0. The average Bonchev–Trinajstić information content (AvgIpc) is 2.47. The van der Waals surface area contributed by atoms with E-state index >= 15 is 0 Å². The molecular weight excluding hydrogens is 184 g/mol. The Morgan fingerprint density at radius 3 is 2.69 bits per heavy atom. The zero-order valence-corrected chi connectivity index (χ0v) is 9.15. The number of thiazole rings is 1. The summed E-state index contributed by atoms with van der Waals surface area (Å²) in [5.74, 6) is 0. The molecule has 0 bridgehead atoms. The summed E-state index contributed by atoms with van der Waals surface area (Å²) in [5, 5.41) is 2.96. The summed E-state index contributed by atoms with van der Waals surface area (Å²) in [6.07, 6.45) is 0. The molecule has 0 spiro atoms. The quantitative estimate of drug-likeness (QED) is 0.811. The van der Waals surface area contributed by atoms with Gasteiger partial charge in [-0.2, -0.15) is 0 Å². The van der Waals surface area contributed by atoms with E-state index in [1.54, 1.807) is 11.3 Å². The maximum atomic E-state index is 5.58. The summed E-state index contributed by atoms with van der Waals surface area (Å²) in [6.45, 7) is 7.18. The van der Waals surface area contributed by atoms with Gasteiger partial charge in [0.1, 0.15) is 5.01 Å². The van der Waals surface area contributed by atoms with Gasteiger partial charge in [-0.25, -0.2) is 4.98 Å². The Kier molecular flexibility index (Phi) is 3.41. The fraction of sp³-hybridized carbons (Fsp3) is 0.667. The number of nitrogens with two attached hydrogens (primary N) is 1. The molecule has 2 N–H and O–H groups in total. The highest BCUT2D eigenvalue weighted by Crippen LogP contribution is 2.14. The monoisotopic (exact) mass is 200 g/mol. The zero-order chi connectivity index (χ0) is 9.90. The van der Waals surface area contributed by atoms with Gasteiger partial charge in [-0.15, -0.1) is 11.3 Å². The van der Waals surface area contributed by atoms with Crippen LogP contribution < -0.4 is 5.73 Å². The molecular formula is C9H16N2OS. The first-order valence-corrected chi connectivity index (χ1v) is 5.16. The molecule has 4 heteroatoms. The number of hydrogen-bond donors (Lipinski definition) is 1. The Hall–Kier alpha value is -0.450. The molecule has 0 fully saturated rings. The predicted octanol–water partition coefficient (Wildman–Crippen LogP) is 1.92. The van der Waals surface area contributed by atoms with Crippen molar-refractivity contribution in [2.45, 2.75) is 39.5 Å². The van der Waals surface area contributed by atoms with Crippen LogP contribution in [0.1, 0.15) is 31.5 Å². The van der Waals surface area contributed by atoms with Crippen molar-refractivity contribution in [3.8, 4) is 0 Å². The molecule has 13 heavy (non-hydrogen) atoms. The molecule has 0 unspecified atom stereocenters. The van der Waals surface area contributed by atoms with Crippen LogP contribution in [0, 0.1) is 0 Å². The second kappa shape index (κ2) is 4.17. The largest absolute Gasteiger partial charge is 0.370 e. The van der Waals surface area contributed by atoms with Crippen LogP contribution in [0.15, 0.2) is 5.38 Å². The van der Waals surface area contributed by atoms with E-state index in [1.165, 1.54) is 0 Å². The molecule has 0 saturated carbocycles. The third-order valence-corrected chi connectivity index (χ3v) is 2.35. The van der Waals surface area contributed by atoms with Gasteiger partial charge in [0.2, 0.25) is 0 Å². The third kappa shape index (κ3) is 3.85. The Balaban J connectivity index is 2.46. The van der Waals surface area contributed by atoms with Crippen LogP contribution in [0.2, 0.25) is 0 Å². The first-order valence-electron chi connectivity index (χ1n) is 4.28. The van der Waals surface area contributed by atoms with Crippen LogP contribution in [-0.4, -0.2) is 10.6 Å². The predicted molar refractivity (Wildman–Crippen MR) is 54.5 cm³/mol. The van der Waals surface area contributed by atoms with Gasteiger partial charge in [0.05, 0.1) is 17.9 Å². The fourth-order valence-electron chi connectivity index (χ4n) is 0.799. The molecule has 0 aliphatic carbocycles. The van der Waals surface area contributed by atoms with Crippen molar-refractivity contribution in [3.05, 3.63) is 16.1 Å². The second-order valence-electron chi connectivity index (χ2n) is 3.84. The summed E-state index contributed by atoms with van der Waals surface area (Å²) in [5.41, 5.74) is 6.32. The fourth-order valence-corrected chi connectivity index (χ4v) is 1.46. The van der Waals surface area contributed by atoms with Crippen LogP contribution >= 0.6 is 11.3 Å². The Bertz CT molecular complexity index is 265. The van der Waals surface area contributed by atoms with Crippen LogP contribution in [0.3, 0.4) is 0 Å². The Morgan fingerprint density at radius 1 is 1.54 bits per heavy atom. The van der Waals surface area contributed by atoms with Crippen molar-refractivity contribution >= 4 is 11.3 Å². The number of rotatable bonds is 3. The van der Waals surface area contributed by atoms with E-state index in [0.29, 0.717) is 13.2 Å². The van der Waals surface area contributed by atoms with E-state index in [-0.39, 0.29) is 5.60 Å². The lowest BCUT2D eigenvalue weighted by molar-refractivity contribution is -0.0163. The van der Waals surface area contributed by atoms with Crippen LogP contribution in [-0.2, 0) is 17.9 Å². The summed E-state index contributed by atoms with van der Waals surface area (Å²) >= 11 is 1.58. The van der Waals surface area contributed by atoms with Gasteiger partial charge in [-0.3, -0.25) is 0 Å². The number of hydrogen-bond acceptors (Lipinski definition) is 4. The van der Waals surface area contributed by atoms with E-state index in [2.05, 4.69) is 4.98 Å². The molecule has 0 aromatic carbocycles. The highest BCUT2D eigenvalue weighted by atomic mass is 32.1. The Labute approximate surface area is 82.9 Å². The van der Waals surface area contributed by atoms with Crippen molar-refractivity contribution < 1.29 is 4.74 Å². The van der Waals surface area contributed by atoms with Gasteiger partial charge in [0, 0.05) is 11.9 Å². The SMILES string of the molecule is CC(C)(C)OCc1csc(CN)n1. The lowest BCUT2D eigenvalue weighted by Gasteiger charge is -2.18. The molecule has 0 amide bonds. The minimum Gasteiger partial charge on any atom is -0.370 e. The van der Waals surface area contributed by atoms with E-state index in [1.807, 2.05) is 26.2 Å². The van der Waals surface area contributed by atoms with Crippen LogP contribution in [0.25, 0.3) is 0 Å². The van der Waals surface area contributed by atoms with Crippen molar-refractivity contribution in [3.63, 3.8) is 0 Å². The third-order valence-electron chi connectivity index (χ3n) is 1.43. The van der Waals surface area contributed by atoms with E-state index in [0.717, 1.165) is 10.7 Å². The van der Waals surface area contributed by atoms with Gasteiger partial charge in [0.15, 0.2) is 0 Å². The molecule has 0 aliphatic heterocycles. The van der Waals surface area contributed by atoms with E-state index < -0.39 is 0 Å². The zero-order valence-electron chi connectivity index (χ0n) is 8.33. The first-order chi connectivity index (χ1) is 6.01. The maximum absolute atomic E-state index is 5.58. The van der Waals surface area contributed by atoms with Gasteiger partial charge in [-0.05, 0) is 20.8 Å².